The lowest BCUT2D eigenvalue weighted by atomic mass is 10.0. The van der Waals surface area contributed by atoms with Gasteiger partial charge in [0.05, 0.1) is 10.6 Å². The minimum absolute atomic E-state index is 0.0816. The van der Waals surface area contributed by atoms with Gasteiger partial charge in [0.15, 0.2) is 0 Å². The van der Waals surface area contributed by atoms with Gasteiger partial charge in [0, 0.05) is 6.54 Å². The van der Waals surface area contributed by atoms with Crippen molar-refractivity contribution in [2.24, 2.45) is 5.92 Å². The number of carbonyl (C=O) groups excluding carboxylic acids is 1. The van der Waals surface area contributed by atoms with E-state index in [0.717, 1.165) is 24.9 Å². The second-order valence-electron chi connectivity index (χ2n) is 4.38. The van der Waals surface area contributed by atoms with E-state index in [2.05, 4.69) is 19.2 Å². The maximum absolute atomic E-state index is 11.9. The molecule has 0 saturated heterocycles. The highest BCUT2D eigenvalue weighted by Crippen LogP contribution is 2.17. The Bertz CT molecular complexity index is 386. The molecule has 0 radical (unpaired) electrons. The molecule has 0 aliphatic carbocycles. The molecule has 0 unspecified atom stereocenters. The van der Waals surface area contributed by atoms with Crippen molar-refractivity contribution < 1.29 is 4.79 Å². The van der Waals surface area contributed by atoms with Crippen molar-refractivity contribution >= 4 is 17.5 Å². The second kappa shape index (κ2) is 6.65. The predicted molar refractivity (Wildman–Crippen MR) is 72.6 cm³/mol. The molecule has 0 fully saturated rings. The number of carbonyl (C=O) groups is 1. The van der Waals surface area contributed by atoms with Gasteiger partial charge in [-0.05, 0) is 30.5 Å². The van der Waals surface area contributed by atoms with Crippen LogP contribution in [0.3, 0.4) is 0 Å². The first-order valence-electron chi connectivity index (χ1n) is 6.12. The molecule has 3 heteroatoms. The van der Waals surface area contributed by atoms with Gasteiger partial charge in [0.1, 0.15) is 0 Å². The molecule has 2 nitrogen and oxygen atoms in total. The van der Waals surface area contributed by atoms with Crippen molar-refractivity contribution in [3.05, 3.63) is 34.3 Å². The van der Waals surface area contributed by atoms with Crippen LogP contribution >= 0.6 is 11.6 Å². The number of hydrogen-bond donors (Lipinski definition) is 1. The predicted octanol–water partition coefficient (Wildman–Crippen LogP) is 3.81. The van der Waals surface area contributed by atoms with Crippen LogP contribution in [-0.2, 0) is 0 Å². The number of benzene rings is 1. The Labute approximate surface area is 108 Å². The molecular formula is C14H20ClNO. The Morgan fingerprint density at radius 3 is 2.53 bits per heavy atom. The maximum Gasteiger partial charge on any atom is 0.252 e. The van der Waals surface area contributed by atoms with Crippen molar-refractivity contribution in [3.8, 4) is 0 Å². The summed E-state index contributed by atoms with van der Waals surface area (Å²) in [6.07, 6.45) is 2.16. The van der Waals surface area contributed by atoms with Crippen LogP contribution in [0.5, 0.6) is 0 Å². The van der Waals surface area contributed by atoms with Gasteiger partial charge in [0.2, 0.25) is 0 Å². The number of aryl methyl sites for hydroxylation is 1. The van der Waals surface area contributed by atoms with Gasteiger partial charge in [-0.2, -0.15) is 0 Å². The first-order chi connectivity index (χ1) is 8.08. The monoisotopic (exact) mass is 253 g/mol. The van der Waals surface area contributed by atoms with E-state index in [-0.39, 0.29) is 5.91 Å². The molecule has 94 valence electrons. The SMILES string of the molecule is CCC(CC)CNC(=O)c1ccc(C)cc1Cl. The van der Waals surface area contributed by atoms with Crippen LogP contribution in [0, 0.1) is 12.8 Å². The summed E-state index contributed by atoms with van der Waals surface area (Å²) >= 11 is 6.05. The molecular weight excluding hydrogens is 234 g/mol. The Morgan fingerprint density at radius 1 is 1.35 bits per heavy atom. The molecule has 1 N–H and O–H groups in total. The smallest absolute Gasteiger partial charge is 0.252 e. The quantitative estimate of drug-likeness (QED) is 0.849. The van der Waals surface area contributed by atoms with Crippen molar-refractivity contribution in [2.75, 3.05) is 6.54 Å². The van der Waals surface area contributed by atoms with Crippen molar-refractivity contribution in [3.63, 3.8) is 0 Å². The van der Waals surface area contributed by atoms with Crippen molar-refractivity contribution in [2.45, 2.75) is 33.6 Å². The molecule has 1 amide bonds. The molecule has 0 aliphatic heterocycles. The Balaban J connectivity index is 2.64. The summed E-state index contributed by atoms with van der Waals surface area (Å²) in [5.74, 6) is 0.463. The number of rotatable bonds is 5. The van der Waals surface area contributed by atoms with Crippen LogP contribution in [-0.4, -0.2) is 12.5 Å². The fourth-order valence-electron chi connectivity index (χ4n) is 1.71. The van der Waals surface area contributed by atoms with Crippen LogP contribution in [0.25, 0.3) is 0 Å². The maximum atomic E-state index is 11.9. The van der Waals surface area contributed by atoms with Gasteiger partial charge in [-0.1, -0.05) is 44.4 Å². The third-order valence-electron chi connectivity index (χ3n) is 3.08. The zero-order valence-electron chi connectivity index (χ0n) is 10.7. The van der Waals surface area contributed by atoms with E-state index in [0.29, 0.717) is 16.5 Å². The Morgan fingerprint density at radius 2 is 2.00 bits per heavy atom. The van der Waals surface area contributed by atoms with Gasteiger partial charge < -0.3 is 5.32 Å². The summed E-state index contributed by atoms with van der Waals surface area (Å²) in [5, 5.41) is 3.46. The first-order valence-corrected chi connectivity index (χ1v) is 6.50. The zero-order valence-corrected chi connectivity index (χ0v) is 11.5. The lowest BCUT2D eigenvalue weighted by Gasteiger charge is -2.13. The molecule has 0 aliphatic rings. The minimum atomic E-state index is -0.0816. The lowest BCUT2D eigenvalue weighted by Crippen LogP contribution is -2.29. The third kappa shape index (κ3) is 4.04. The van der Waals surface area contributed by atoms with E-state index in [4.69, 9.17) is 11.6 Å². The van der Waals surface area contributed by atoms with Crippen LogP contribution in [0.1, 0.15) is 42.6 Å². The van der Waals surface area contributed by atoms with Crippen LogP contribution in [0.4, 0.5) is 0 Å². The molecule has 0 bridgehead atoms. The summed E-state index contributed by atoms with van der Waals surface area (Å²) < 4.78 is 0. The molecule has 0 spiro atoms. The number of nitrogens with one attached hydrogen (secondary N) is 1. The molecule has 0 atom stereocenters. The second-order valence-corrected chi connectivity index (χ2v) is 4.78. The third-order valence-corrected chi connectivity index (χ3v) is 3.39. The van der Waals surface area contributed by atoms with Crippen molar-refractivity contribution in [1.82, 2.24) is 5.32 Å². The van der Waals surface area contributed by atoms with Gasteiger partial charge in [-0.25, -0.2) is 0 Å². The molecule has 0 saturated carbocycles. The molecule has 1 aromatic rings. The minimum Gasteiger partial charge on any atom is -0.352 e. The highest BCUT2D eigenvalue weighted by Gasteiger charge is 2.11. The number of amides is 1. The summed E-state index contributed by atoms with van der Waals surface area (Å²) in [6, 6.07) is 5.49. The van der Waals surface area contributed by atoms with Gasteiger partial charge >= 0.3 is 0 Å². The highest BCUT2D eigenvalue weighted by molar-refractivity contribution is 6.33. The summed E-state index contributed by atoms with van der Waals surface area (Å²) in [4.78, 5) is 11.9. The van der Waals surface area contributed by atoms with E-state index < -0.39 is 0 Å². The molecule has 17 heavy (non-hydrogen) atoms. The van der Waals surface area contributed by atoms with E-state index >= 15 is 0 Å². The standard InChI is InChI=1S/C14H20ClNO/c1-4-11(5-2)9-16-14(17)12-7-6-10(3)8-13(12)15/h6-8,11H,4-5,9H2,1-3H3,(H,16,17). The van der Waals surface area contributed by atoms with Crippen molar-refractivity contribution in [1.29, 1.82) is 0 Å². The fourth-order valence-corrected chi connectivity index (χ4v) is 2.03. The van der Waals surface area contributed by atoms with E-state index in [1.54, 1.807) is 6.07 Å². The zero-order chi connectivity index (χ0) is 12.8. The number of halogens is 1. The summed E-state index contributed by atoms with van der Waals surface area (Å²) in [5.41, 5.74) is 1.62. The average Bonchev–Trinajstić information content (AvgIpc) is 2.30. The van der Waals surface area contributed by atoms with E-state index in [1.807, 2.05) is 19.1 Å². The van der Waals surface area contributed by atoms with E-state index in [9.17, 15) is 4.79 Å². The topological polar surface area (TPSA) is 29.1 Å². The van der Waals surface area contributed by atoms with Crippen LogP contribution < -0.4 is 5.32 Å². The molecule has 1 aromatic carbocycles. The molecule has 0 aromatic heterocycles. The summed E-state index contributed by atoms with van der Waals surface area (Å²) in [6.45, 7) is 6.95. The van der Waals surface area contributed by atoms with Gasteiger partial charge in [-0.3, -0.25) is 4.79 Å². The summed E-state index contributed by atoms with van der Waals surface area (Å²) in [7, 11) is 0. The first kappa shape index (κ1) is 14.0. The van der Waals surface area contributed by atoms with E-state index in [1.165, 1.54) is 0 Å². The Kier molecular flexibility index (Phi) is 5.49. The van der Waals surface area contributed by atoms with Crippen LogP contribution in [0.2, 0.25) is 5.02 Å². The lowest BCUT2D eigenvalue weighted by molar-refractivity contribution is 0.0946. The average molecular weight is 254 g/mol. The number of hydrogen-bond acceptors (Lipinski definition) is 1. The normalized spacial score (nSPS) is 10.6. The molecule has 1 rings (SSSR count). The Hall–Kier alpha value is -1.02. The largest absolute Gasteiger partial charge is 0.352 e. The molecule has 0 heterocycles. The van der Waals surface area contributed by atoms with Crippen LogP contribution in [0.15, 0.2) is 18.2 Å². The highest BCUT2D eigenvalue weighted by atomic mass is 35.5. The van der Waals surface area contributed by atoms with Gasteiger partial charge in [-0.15, -0.1) is 0 Å². The fraction of sp³-hybridized carbons (Fsp3) is 0.500. The van der Waals surface area contributed by atoms with Gasteiger partial charge in [0.25, 0.3) is 5.91 Å².